The summed E-state index contributed by atoms with van der Waals surface area (Å²) in [5.41, 5.74) is 15.0. The minimum absolute atomic E-state index is 0.404. The van der Waals surface area contributed by atoms with Crippen molar-refractivity contribution in [3.05, 3.63) is 254 Å². The summed E-state index contributed by atoms with van der Waals surface area (Å²) in [4.78, 5) is 0. The Bertz CT molecular complexity index is 5610. The van der Waals surface area contributed by atoms with Crippen LogP contribution < -0.4 is 0 Å². The first kappa shape index (κ1) is 45.5. The van der Waals surface area contributed by atoms with Crippen LogP contribution >= 0.6 is 22.7 Å². The Morgan fingerprint density at radius 1 is 0.333 bits per heavy atom. The first-order valence-electron chi connectivity index (χ1n) is 27.0. The molecule has 5 heterocycles. The van der Waals surface area contributed by atoms with Crippen LogP contribution in [0.5, 0.6) is 0 Å². The zero-order chi connectivity index (χ0) is 53.4. The zero-order valence-electron chi connectivity index (χ0n) is 43.1. The predicted molar refractivity (Wildman–Crippen MR) is 339 cm³/mol. The molecule has 17 aromatic rings. The third-order valence-electron chi connectivity index (χ3n) is 16.6. The third kappa shape index (κ3) is 6.50. The van der Waals surface area contributed by atoms with Crippen molar-refractivity contribution in [1.29, 1.82) is 10.5 Å². The van der Waals surface area contributed by atoms with Crippen molar-refractivity contribution in [2.75, 3.05) is 0 Å². The van der Waals surface area contributed by atoms with Gasteiger partial charge in [0, 0.05) is 80.0 Å². The van der Waals surface area contributed by atoms with Gasteiger partial charge < -0.3 is 13.6 Å². The molecule has 81 heavy (non-hydrogen) atoms. The van der Waals surface area contributed by atoms with Crippen LogP contribution in [0, 0.1) is 22.7 Å². The topological polar surface area (TPSA) is 70.6 Å². The lowest BCUT2D eigenvalue weighted by Crippen LogP contribution is -2.11. The Balaban J connectivity index is 1.10. The standard InChI is InChI=1S/C74H40N4OS2/c75-41-59-66(44-19-6-2-7-20-44)60(42-76)69(78-70-53(34-36-56-52-25-12-15-30-64(52)80-73(56)70)54-35-37-57-58-39-46(43-17-4-1-5-18-43)32-38-65(58)81-74(57)71(54)78)67(45-21-8-3-9-22-45)68(59)77-61-28-13-10-23-49(61)50-33-31-47(40-62(50)77)48-26-16-27-55-51-24-11-14-29-63(51)79-72(48)55/h1-40H. The van der Waals surface area contributed by atoms with Crippen LogP contribution in [0.2, 0.25) is 0 Å². The van der Waals surface area contributed by atoms with E-state index in [1.54, 1.807) is 22.7 Å². The van der Waals surface area contributed by atoms with Gasteiger partial charge in [0.2, 0.25) is 0 Å². The second-order valence-corrected chi connectivity index (χ2v) is 22.9. The number of benzene rings is 12. The van der Waals surface area contributed by atoms with Gasteiger partial charge in [0.25, 0.3) is 0 Å². The second kappa shape index (κ2) is 17.5. The van der Waals surface area contributed by atoms with Crippen LogP contribution in [-0.2, 0) is 0 Å². The molecule has 0 spiro atoms. The predicted octanol–water partition coefficient (Wildman–Crippen LogP) is 20.9. The largest absolute Gasteiger partial charge is 0.455 e. The Kier molecular flexibility index (Phi) is 9.82. The van der Waals surface area contributed by atoms with Gasteiger partial charge in [-0.3, -0.25) is 0 Å². The van der Waals surface area contributed by atoms with E-state index in [1.807, 2.05) is 48.5 Å². The molecule has 0 atom stereocenters. The average molecular weight is 1070 g/mol. The van der Waals surface area contributed by atoms with Crippen molar-refractivity contribution in [2.24, 2.45) is 0 Å². The number of thiophene rings is 2. The highest BCUT2D eigenvalue weighted by Crippen LogP contribution is 2.53. The monoisotopic (exact) mass is 1060 g/mol. The number of para-hydroxylation sites is 3. The lowest BCUT2D eigenvalue weighted by Gasteiger charge is -2.25. The summed E-state index contributed by atoms with van der Waals surface area (Å²) in [7, 11) is 0. The van der Waals surface area contributed by atoms with Gasteiger partial charge in [-0.05, 0) is 64.2 Å². The Morgan fingerprint density at radius 3 is 1.56 bits per heavy atom. The smallest absolute Gasteiger partial charge is 0.143 e. The minimum atomic E-state index is 0.404. The molecule has 12 aromatic carbocycles. The molecule has 7 heteroatoms. The minimum Gasteiger partial charge on any atom is -0.455 e. The van der Waals surface area contributed by atoms with Crippen molar-refractivity contribution in [2.45, 2.75) is 0 Å². The maximum Gasteiger partial charge on any atom is 0.143 e. The van der Waals surface area contributed by atoms with Gasteiger partial charge in [-0.2, -0.15) is 10.5 Å². The van der Waals surface area contributed by atoms with Gasteiger partial charge in [-0.15, -0.1) is 22.7 Å². The fourth-order valence-corrected chi connectivity index (χ4v) is 15.6. The van der Waals surface area contributed by atoms with Crippen molar-refractivity contribution >= 4 is 129 Å². The lowest BCUT2D eigenvalue weighted by atomic mass is 9.86. The number of nitrogens with zero attached hydrogens (tertiary/aromatic N) is 4. The van der Waals surface area contributed by atoms with E-state index < -0.39 is 0 Å². The molecule has 0 N–H and O–H groups in total. The van der Waals surface area contributed by atoms with Crippen molar-refractivity contribution in [3.63, 3.8) is 0 Å². The highest BCUT2D eigenvalue weighted by atomic mass is 32.1. The maximum atomic E-state index is 12.4. The van der Waals surface area contributed by atoms with Crippen molar-refractivity contribution in [3.8, 4) is 68.0 Å². The van der Waals surface area contributed by atoms with Gasteiger partial charge >= 0.3 is 0 Å². The van der Waals surface area contributed by atoms with Crippen LogP contribution in [0.4, 0.5) is 0 Å². The summed E-state index contributed by atoms with van der Waals surface area (Å²) in [6.07, 6.45) is 0. The van der Waals surface area contributed by atoms with Crippen LogP contribution in [0.3, 0.4) is 0 Å². The Hall–Kier alpha value is -10.5. The molecule has 5 aromatic heterocycles. The zero-order valence-corrected chi connectivity index (χ0v) is 44.7. The molecule has 374 valence electrons. The summed E-state index contributed by atoms with van der Waals surface area (Å²) in [6, 6.07) is 91.2. The molecule has 5 nitrogen and oxygen atoms in total. The molecule has 0 fully saturated rings. The molecule has 0 aliphatic rings. The van der Waals surface area contributed by atoms with Gasteiger partial charge in [0.05, 0.1) is 54.0 Å². The van der Waals surface area contributed by atoms with E-state index in [-0.39, 0.29) is 0 Å². The maximum absolute atomic E-state index is 12.4. The Morgan fingerprint density at radius 2 is 0.852 bits per heavy atom. The summed E-state index contributed by atoms with van der Waals surface area (Å²) >= 11 is 3.58. The molecule has 0 saturated heterocycles. The summed E-state index contributed by atoms with van der Waals surface area (Å²) in [5.74, 6) is 0. The van der Waals surface area contributed by atoms with Gasteiger partial charge in [0.1, 0.15) is 23.3 Å². The van der Waals surface area contributed by atoms with Gasteiger partial charge in [-0.1, -0.05) is 206 Å². The molecular weight excluding hydrogens is 1020 g/mol. The van der Waals surface area contributed by atoms with Crippen LogP contribution in [-0.4, -0.2) is 9.13 Å². The summed E-state index contributed by atoms with van der Waals surface area (Å²) in [5, 5.41) is 35.6. The number of furan rings is 1. The second-order valence-electron chi connectivity index (χ2n) is 20.8. The van der Waals surface area contributed by atoms with E-state index in [0.29, 0.717) is 28.1 Å². The number of hydrogen-bond donors (Lipinski definition) is 0. The van der Waals surface area contributed by atoms with E-state index in [4.69, 9.17) is 4.42 Å². The first-order valence-corrected chi connectivity index (χ1v) is 28.7. The highest BCUT2D eigenvalue weighted by Gasteiger charge is 2.33. The average Bonchev–Trinajstić information content (AvgIpc) is 2.68. The molecule has 0 saturated carbocycles. The SMILES string of the molecule is N#Cc1c(-c2ccccc2)c(C#N)c(-n2c3c(ccc4c5ccccc5sc43)c3ccc4c5cc(-c6ccccc6)ccc5sc4c32)c(-c2ccccc2)c1-n1c2ccccc2c2ccc(-c3cccc4c3oc3ccccc34)cc21. The summed E-state index contributed by atoms with van der Waals surface area (Å²) < 4.78 is 16.1. The lowest BCUT2D eigenvalue weighted by molar-refractivity contribution is 0.670. The van der Waals surface area contributed by atoms with Gasteiger partial charge in [0.15, 0.2) is 0 Å². The molecule has 0 aliphatic carbocycles. The molecule has 0 aliphatic heterocycles. The molecular formula is C74H40N4OS2. The quantitative estimate of drug-likeness (QED) is 0.167. The number of fused-ring (bicyclic) bond motifs is 17. The van der Waals surface area contributed by atoms with Crippen LogP contribution in [0.25, 0.3) is 162 Å². The van der Waals surface area contributed by atoms with E-state index in [1.165, 1.54) is 20.2 Å². The fraction of sp³-hybridized carbons (Fsp3) is 0. The molecule has 17 rings (SSSR count). The normalized spacial score (nSPS) is 11.9. The van der Waals surface area contributed by atoms with E-state index in [2.05, 4.69) is 215 Å². The highest BCUT2D eigenvalue weighted by molar-refractivity contribution is 7.27. The number of aromatic nitrogens is 2. The molecule has 0 amide bonds. The van der Waals surface area contributed by atoms with Crippen molar-refractivity contribution in [1.82, 2.24) is 9.13 Å². The molecule has 0 radical (unpaired) electrons. The fourth-order valence-electron chi connectivity index (χ4n) is 13.1. The first-order chi connectivity index (χ1) is 40.1. The van der Waals surface area contributed by atoms with E-state index >= 15 is 0 Å². The third-order valence-corrected chi connectivity index (χ3v) is 19.0. The number of rotatable bonds is 6. The number of hydrogen-bond acceptors (Lipinski definition) is 5. The van der Waals surface area contributed by atoms with Crippen molar-refractivity contribution < 1.29 is 4.42 Å². The van der Waals surface area contributed by atoms with Crippen LogP contribution in [0.1, 0.15) is 11.1 Å². The van der Waals surface area contributed by atoms with Gasteiger partial charge in [-0.25, -0.2) is 0 Å². The van der Waals surface area contributed by atoms with E-state index in [9.17, 15) is 10.5 Å². The molecule has 0 unspecified atom stereocenters. The van der Waals surface area contributed by atoms with Crippen LogP contribution in [0.15, 0.2) is 247 Å². The van der Waals surface area contributed by atoms with E-state index in [0.717, 1.165) is 125 Å². The molecule has 0 bridgehead atoms. The number of nitriles is 2. The summed E-state index contributed by atoms with van der Waals surface area (Å²) in [6.45, 7) is 0. The Labute approximate surface area is 471 Å².